The first-order chi connectivity index (χ1) is 16.7. The van der Waals surface area contributed by atoms with Crippen molar-refractivity contribution in [1.82, 2.24) is 0 Å². The van der Waals surface area contributed by atoms with Gasteiger partial charge >= 0.3 is 0 Å². The summed E-state index contributed by atoms with van der Waals surface area (Å²) < 4.78 is 25.2. The van der Waals surface area contributed by atoms with Crippen LogP contribution in [0.25, 0.3) is 6.08 Å². The van der Waals surface area contributed by atoms with Crippen LogP contribution < -0.4 is 19.7 Å². The Balaban J connectivity index is 1.38. The zero-order valence-corrected chi connectivity index (χ0v) is 19.6. The lowest BCUT2D eigenvalue weighted by atomic mass is 10.1. The number of halogens is 2. The van der Waals surface area contributed by atoms with Gasteiger partial charge in [-0.3, -0.25) is 14.4 Å². The van der Waals surface area contributed by atoms with E-state index in [-0.39, 0.29) is 40.2 Å². The topological polar surface area (TPSA) is 84.9 Å². The second-order valence-electron chi connectivity index (χ2n) is 7.69. The normalized spacial score (nSPS) is 13.3. The number of allylic oxidation sites excluding steroid dienone is 1. The molecule has 0 atom stereocenters. The van der Waals surface area contributed by atoms with E-state index in [2.05, 4.69) is 5.32 Å². The van der Waals surface area contributed by atoms with Gasteiger partial charge in [-0.25, -0.2) is 4.39 Å². The number of Topliss-reactive ketones (excluding diaryl/α,β-unsaturated/α-hetero) is 1. The molecule has 0 saturated carbocycles. The van der Waals surface area contributed by atoms with Gasteiger partial charge < -0.3 is 19.7 Å². The molecule has 3 aromatic rings. The second kappa shape index (κ2) is 9.99. The molecule has 0 unspecified atom stereocenters. The van der Waals surface area contributed by atoms with Gasteiger partial charge in [-0.2, -0.15) is 0 Å². The third-order valence-corrected chi connectivity index (χ3v) is 5.63. The molecule has 0 radical (unpaired) electrons. The van der Waals surface area contributed by atoms with Crippen molar-refractivity contribution < 1.29 is 28.2 Å². The highest BCUT2D eigenvalue weighted by molar-refractivity contribution is 6.32. The van der Waals surface area contributed by atoms with Crippen LogP contribution in [0.2, 0.25) is 5.02 Å². The lowest BCUT2D eigenvalue weighted by Gasteiger charge is -2.15. The molecule has 0 bridgehead atoms. The van der Waals surface area contributed by atoms with Crippen molar-refractivity contribution in [1.29, 1.82) is 0 Å². The smallest absolute Gasteiger partial charge is 0.262 e. The van der Waals surface area contributed by atoms with Crippen LogP contribution in [0.4, 0.5) is 15.8 Å². The molecule has 0 saturated heterocycles. The Bertz CT molecular complexity index is 1330. The van der Waals surface area contributed by atoms with Crippen LogP contribution in [-0.2, 0) is 9.59 Å². The minimum absolute atomic E-state index is 0.0550. The summed E-state index contributed by atoms with van der Waals surface area (Å²) in [6.07, 6.45) is 1.26. The van der Waals surface area contributed by atoms with E-state index in [1.165, 1.54) is 48.2 Å². The number of ketones is 1. The summed E-state index contributed by atoms with van der Waals surface area (Å²) in [5, 5.41) is 2.86. The maximum Gasteiger partial charge on any atom is 0.262 e. The summed E-state index contributed by atoms with van der Waals surface area (Å²) in [6, 6.07) is 15.5. The highest BCUT2D eigenvalue weighted by atomic mass is 35.5. The molecule has 35 heavy (non-hydrogen) atoms. The van der Waals surface area contributed by atoms with E-state index in [1.54, 1.807) is 37.4 Å². The Hall–Kier alpha value is -4.17. The Kier molecular flexibility index (Phi) is 6.84. The van der Waals surface area contributed by atoms with Gasteiger partial charge in [0, 0.05) is 37.0 Å². The number of nitrogens with one attached hydrogen (secondary N) is 1. The highest BCUT2D eigenvalue weighted by Crippen LogP contribution is 2.35. The number of amides is 2. The largest absolute Gasteiger partial charge is 0.484 e. The fourth-order valence-corrected chi connectivity index (χ4v) is 3.55. The highest BCUT2D eigenvalue weighted by Gasteiger charge is 2.28. The van der Waals surface area contributed by atoms with Gasteiger partial charge in [-0.15, -0.1) is 0 Å². The zero-order chi connectivity index (χ0) is 25.1. The Morgan fingerprint density at radius 3 is 2.57 bits per heavy atom. The summed E-state index contributed by atoms with van der Waals surface area (Å²) in [5.41, 5.74) is 1.59. The van der Waals surface area contributed by atoms with Gasteiger partial charge in [0.2, 0.25) is 11.7 Å². The molecule has 178 valence electrons. The molecule has 7 nitrogen and oxygen atoms in total. The summed E-state index contributed by atoms with van der Waals surface area (Å²) in [5.74, 6) is -1.01. The quantitative estimate of drug-likeness (QED) is 0.482. The summed E-state index contributed by atoms with van der Waals surface area (Å²) in [4.78, 5) is 37.8. The zero-order valence-electron chi connectivity index (χ0n) is 18.8. The standard InChI is InChI=1S/C26H20ClFN2O5/c1-15(31)30(2)17-8-6-16(7-9-17)29-25(32)14-34-18-10-11-19-23(12-18)35-24(26(19)33)13-20-21(27)4-3-5-22(20)28/h3-13H,14H2,1-2H3,(H,29,32). The van der Waals surface area contributed by atoms with Crippen molar-refractivity contribution in [3.63, 3.8) is 0 Å². The van der Waals surface area contributed by atoms with E-state index in [1.807, 2.05) is 0 Å². The Labute approximate surface area is 205 Å². The van der Waals surface area contributed by atoms with Crippen molar-refractivity contribution in [3.05, 3.63) is 88.4 Å². The molecule has 2 amide bonds. The maximum absolute atomic E-state index is 14.1. The third-order valence-electron chi connectivity index (χ3n) is 5.30. The number of carbonyl (C=O) groups excluding carboxylic acids is 3. The predicted octanol–water partition coefficient (Wildman–Crippen LogP) is 5.10. The lowest BCUT2D eigenvalue weighted by molar-refractivity contribution is -0.118. The molecule has 3 aromatic carbocycles. The average Bonchev–Trinajstić information content (AvgIpc) is 3.14. The molecule has 1 N–H and O–H groups in total. The number of hydrogen-bond acceptors (Lipinski definition) is 5. The van der Waals surface area contributed by atoms with Gasteiger partial charge in [-0.05, 0) is 54.6 Å². The van der Waals surface area contributed by atoms with E-state index in [4.69, 9.17) is 21.1 Å². The summed E-state index contributed by atoms with van der Waals surface area (Å²) in [7, 11) is 1.66. The molecule has 9 heteroatoms. The number of ether oxygens (including phenoxy) is 2. The number of rotatable bonds is 6. The third kappa shape index (κ3) is 5.33. The van der Waals surface area contributed by atoms with Crippen LogP contribution in [0.15, 0.2) is 66.4 Å². The lowest BCUT2D eigenvalue weighted by Crippen LogP contribution is -2.23. The fraction of sp³-hybridized carbons (Fsp3) is 0.115. The Morgan fingerprint density at radius 2 is 1.89 bits per heavy atom. The van der Waals surface area contributed by atoms with Crippen molar-refractivity contribution in [2.75, 3.05) is 23.9 Å². The monoisotopic (exact) mass is 494 g/mol. The summed E-state index contributed by atoms with van der Waals surface area (Å²) >= 11 is 6.03. The molecule has 4 rings (SSSR count). The van der Waals surface area contributed by atoms with E-state index < -0.39 is 17.5 Å². The van der Waals surface area contributed by atoms with Gasteiger partial charge in [0.05, 0.1) is 10.6 Å². The first kappa shape index (κ1) is 24.0. The van der Waals surface area contributed by atoms with Crippen LogP contribution in [0.5, 0.6) is 11.5 Å². The van der Waals surface area contributed by atoms with Gasteiger partial charge in [-0.1, -0.05) is 17.7 Å². The average molecular weight is 495 g/mol. The maximum atomic E-state index is 14.1. The summed E-state index contributed by atoms with van der Waals surface area (Å²) in [6.45, 7) is 1.18. The second-order valence-corrected chi connectivity index (χ2v) is 8.10. The number of hydrogen-bond donors (Lipinski definition) is 1. The van der Waals surface area contributed by atoms with Crippen molar-refractivity contribution in [2.45, 2.75) is 6.92 Å². The van der Waals surface area contributed by atoms with E-state index in [0.29, 0.717) is 17.1 Å². The molecule has 1 aliphatic rings. The predicted molar refractivity (Wildman–Crippen MR) is 130 cm³/mol. The van der Waals surface area contributed by atoms with Crippen LogP contribution in [0, 0.1) is 5.82 Å². The van der Waals surface area contributed by atoms with E-state index in [0.717, 1.165) is 0 Å². The minimum Gasteiger partial charge on any atom is -0.484 e. The van der Waals surface area contributed by atoms with E-state index >= 15 is 0 Å². The Morgan fingerprint density at radius 1 is 1.14 bits per heavy atom. The van der Waals surface area contributed by atoms with Crippen molar-refractivity contribution in [3.8, 4) is 11.5 Å². The molecular weight excluding hydrogens is 475 g/mol. The molecule has 0 aromatic heterocycles. The number of fused-ring (bicyclic) bond motifs is 1. The molecular formula is C26H20ClFN2O5. The molecule has 0 fully saturated rings. The minimum atomic E-state index is -0.576. The fourth-order valence-electron chi connectivity index (χ4n) is 3.33. The van der Waals surface area contributed by atoms with E-state index in [9.17, 15) is 18.8 Å². The van der Waals surface area contributed by atoms with Crippen LogP contribution >= 0.6 is 11.6 Å². The number of carbonyl (C=O) groups is 3. The number of benzene rings is 3. The number of nitrogens with zero attached hydrogens (tertiary/aromatic N) is 1. The molecule has 1 aliphatic heterocycles. The SMILES string of the molecule is CC(=O)N(C)c1ccc(NC(=O)COc2ccc3c(c2)OC(=Cc2c(F)cccc2Cl)C3=O)cc1. The molecule has 0 spiro atoms. The molecule has 0 aliphatic carbocycles. The van der Waals surface area contributed by atoms with Gasteiger partial charge in [0.1, 0.15) is 17.3 Å². The van der Waals surface area contributed by atoms with Crippen molar-refractivity contribution in [2.24, 2.45) is 0 Å². The molecule has 1 heterocycles. The first-order valence-corrected chi connectivity index (χ1v) is 10.9. The van der Waals surface area contributed by atoms with Gasteiger partial charge in [0.15, 0.2) is 12.4 Å². The van der Waals surface area contributed by atoms with Crippen LogP contribution in [-0.4, -0.2) is 31.3 Å². The van der Waals surface area contributed by atoms with Crippen molar-refractivity contribution >= 4 is 46.6 Å². The van der Waals surface area contributed by atoms with Crippen LogP contribution in [0.3, 0.4) is 0 Å². The van der Waals surface area contributed by atoms with Gasteiger partial charge in [0.25, 0.3) is 5.91 Å². The van der Waals surface area contributed by atoms with Crippen LogP contribution in [0.1, 0.15) is 22.8 Å². The number of anilines is 2. The first-order valence-electron chi connectivity index (χ1n) is 10.5.